The maximum absolute atomic E-state index is 7.49. The van der Waals surface area contributed by atoms with Gasteiger partial charge in [-0.2, -0.15) is 0 Å². The van der Waals surface area contributed by atoms with Gasteiger partial charge in [-0.05, 0) is 110 Å². The molecule has 1 aromatic carbocycles. The number of fused-ring (bicyclic) bond motifs is 2. The van der Waals surface area contributed by atoms with Crippen molar-refractivity contribution in [2.75, 3.05) is 13.2 Å². The lowest BCUT2D eigenvalue weighted by Gasteiger charge is -2.55. The molecule has 6 aliphatic rings. The van der Waals surface area contributed by atoms with Gasteiger partial charge in [-0.1, -0.05) is 31.2 Å². The predicted octanol–water partition coefficient (Wildman–Crippen LogP) is 6.22. The number of nitrogens with one attached hydrogen (secondary N) is 1. The summed E-state index contributed by atoms with van der Waals surface area (Å²) in [5.41, 5.74) is 4.83. The van der Waals surface area contributed by atoms with Crippen LogP contribution in [-0.4, -0.2) is 41.0 Å². The molecule has 1 unspecified atom stereocenters. The van der Waals surface area contributed by atoms with Crippen molar-refractivity contribution in [1.82, 2.24) is 10.3 Å². The summed E-state index contributed by atoms with van der Waals surface area (Å²) < 4.78 is 13.0. The molecule has 3 aliphatic heterocycles. The van der Waals surface area contributed by atoms with Crippen molar-refractivity contribution in [3.63, 3.8) is 0 Å². The summed E-state index contributed by atoms with van der Waals surface area (Å²) >= 11 is 0. The Bertz CT molecular complexity index is 1310. The molecule has 2 aromatic rings. The molecule has 4 nitrogen and oxygen atoms in total. The summed E-state index contributed by atoms with van der Waals surface area (Å²) in [6.45, 7) is 6.56. The zero-order valence-corrected chi connectivity index (χ0v) is 21.7. The van der Waals surface area contributed by atoms with E-state index in [9.17, 15) is 0 Å². The van der Waals surface area contributed by atoms with Crippen LogP contribution in [-0.2, 0) is 9.47 Å². The number of nitrogens with zero attached hydrogens (tertiary/aromatic N) is 1. The molecule has 4 heteroatoms. The van der Waals surface area contributed by atoms with Gasteiger partial charge in [0.2, 0.25) is 0 Å². The number of hydrogen-bond acceptors (Lipinski definition) is 4. The fourth-order valence-electron chi connectivity index (χ4n) is 9.38. The van der Waals surface area contributed by atoms with Crippen LogP contribution < -0.4 is 5.32 Å². The molecule has 188 valence electrons. The number of aromatic nitrogens is 1. The van der Waals surface area contributed by atoms with E-state index < -0.39 is 0 Å². The maximum Gasteiger partial charge on any atom is 0.0974 e. The largest absolute Gasteiger partial charge is 0.377 e. The normalized spacial score (nSPS) is 42.1. The van der Waals surface area contributed by atoms with Gasteiger partial charge in [0.15, 0.2) is 0 Å². The number of pyridine rings is 1. The Hall–Kier alpha value is -2.01. The topological polar surface area (TPSA) is 43.4 Å². The SMILES string of the molecule is CC1(N[C@@H]2CCC3=CC4=CC[C@]5(C)[C@@H](c6ccc7ccncc7c6)CC[C@H]5C45CC[C@]3(C2)O5)COC1. The van der Waals surface area contributed by atoms with Crippen LogP contribution in [0.15, 0.2) is 60.0 Å². The third-order valence-corrected chi connectivity index (χ3v) is 11.1. The van der Waals surface area contributed by atoms with Crippen LogP contribution in [0.25, 0.3) is 10.8 Å². The van der Waals surface area contributed by atoms with Crippen LogP contribution in [0, 0.1) is 11.3 Å². The van der Waals surface area contributed by atoms with Crippen molar-refractivity contribution >= 4 is 10.8 Å². The van der Waals surface area contributed by atoms with Crippen molar-refractivity contribution in [1.29, 1.82) is 0 Å². The highest BCUT2D eigenvalue weighted by Crippen LogP contribution is 2.69. The van der Waals surface area contributed by atoms with Gasteiger partial charge in [0, 0.05) is 23.8 Å². The molecule has 2 bridgehead atoms. The van der Waals surface area contributed by atoms with Gasteiger partial charge in [0.25, 0.3) is 0 Å². The zero-order valence-electron chi connectivity index (χ0n) is 21.7. The lowest BCUT2D eigenvalue weighted by molar-refractivity contribution is -0.140. The van der Waals surface area contributed by atoms with Gasteiger partial charge in [-0.25, -0.2) is 0 Å². The molecular formula is C32H38N2O2. The second-order valence-corrected chi connectivity index (χ2v) is 13.3. The van der Waals surface area contributed by atoms with E-state index in [1.54, 1.807) is 5.57 Å². The molecule has 1 aromatic heterocycles. The van der Waals surface area contributed by atoms with Gasteiger partial charge in [0.05, 0.1) is 30.0 Å². The maximum atomic E-state index is 7.49. The van der Waals surface area contributed by atoms with Crippen LogP contribution in [0.2, 0.25) is 0 Å². The third kappa shape index (κ3) is 2.90. The Balaban J connectivity index is 1.13. The van der Waals surface area contributed by atoms with Gasteiger partial charge in [-0.3, -0.25) is 4.98 Å². The summed E-state index contributed by atoms with van der Waals surface area (Å²) in [4.78, 5) is 4.39. The van der Waals surface area contributed by atoms with Crippen LogP contribution in [0.1, 0.15) is 76.7 Å². The van der Waals surface area contributed by atoms with E-state index in [-0.39, 0.29) is 22.2 Å². The molecule has 4 fully saturated rings. The first kappa shape index (κ1) is 22.0. The van der Waals surface area contributed by atoms with Gasteiger partial charge in [-0.15, -0.1) is 0 Å². The Kier molecular flexibility index (Phi) is 4.47. The van der Waals surface area contributed by atoms with Crippen molar-refractivity contribution < 1.29 is 9.47 Å². The van der Waals surface area contributed by atoms with E-state index in [1.807, 2.05) is 12.4 Å². The first-order chi connectivity index (χ1) is 17.4. The molecular weight excluding hydrogens is 444 g/mol. The number of allylic oxidation sites excluding steroid dienone is 1. The van der Waals surface area contributed by atoms with E-state index in [1.165, 1.54) is 54.0 Å². The highest BCUT2D eigenvalue weighted by molar-refractivity contribution is 5.82. The fraction of sp³-hybridized carbons (Fsp3) is 0.594. The highest BCUT2D eigenvalue weighted by Gasteiger charge is 2.66. The van der Waals surface area contributed by atoms with Crippen molar-refractivity contribution in [2.24, 2.45) is 11.3 Å². The highest BCUT2D eigenvalue weighted by atomic mass is 16.5. The molecule has 2 saturated heterocycles. The summed E-state index contributed by atoms with van der Waals surface area (Å²) in [6.07, 6.45) is 18.6. The molecule has 36 heavy (non-hydrogen) atoms. The van der Waals surface area contributed by atoms with Crippen molar-refractivity contribution in [2.45, 2.75) is 93.9 Å². The van der Waals surface area contributed by atoms with Crippen molar-refractivity contribution in [3.05, 3.63) is 65.5 Å². The smallest absolute Gasteiger partial charge is 0.0974 e. The Morgan fingerprint density at radius 1 is 1.03 bits per heavy atom. The molecule has 1 N–H and O–H groups in total. The van der Waals surface area contributed by atoms with E-state index in [0.717, 1.165) is 32.5 Å². The van der Waals surface area contributed by atoms with E-state index in [0.29, 0.717) is 17.9 Å². The standard InChI is InChI=1S/C32H38N2O2/c1-29(19-35-20-29)34-26-6-5-24-16-25-9-11-30(2)27(22-4-3-21-10-14-33-18-23(21)15-22)7-8-28(30)32(25)13-12-31(24,17-26)36-32/h3-4,9-10,14-16,18,26-28,34H,5-8,11-13,17,19-20H2,1-2H3/t26-,27-,28-,30-,31-,32?/m1/s1. The monoisotopic (exact) mass is 482 g/mol. The molecule has 8 rings (SSSR count). The van der Waals surface area contributed by atoms with E-state index in [2.05, 4.69) is 60.6 Å². The van der Waals surface area contributed by atoms with Gasteiger partial charge >= 0.3 is 0 Å². The van der Waals surface area contributed by atoms with Gasteiger partial charge in [0.1, 0.15) is 0 Å². The number of rotatable bonds is 3. The minimum atomic E-state index is -0.0883. The fourth-order valence-corrected chi connectivity index (χ4v) is 9.38. The van der Waals surface area contributed by atoms with E-state index in [4.69, 9.17) is 9.47 Å². The summed E-state index contributed by atoms with van der Waals surface area (Å²) in [6, 6.07) is 9.74. The van der Waals surface area contributed by atoms with Crippen LogP contribution in [0.5, 0.6) is 0 Å². The molecule has 3 aliphatic carbocycles. The van der Waals surface area contributed by atoms with Crippen LogP contribution >= 0.6 is 0 Å². The average Bonchev–Trinajstić information content (AvgIpc) is 3.38. The lowest BCUT2D eigenvalue weighted by atomic mass is 9.58. The molecule has 2 saturated carbocycles. The average molecular weight is 483 g/mol. The molecule has 0 radical (unpaired) electrons. The minimum Gasteiger partial charge on any atom is -0.377 e. The predicted molar refractivity (Wildman–Crippen MR) is 142 cm³/mol. The zero-order chi connectivity index (χ0) is 24.2. The summed E-state index contributed by atoms with van der Waals surface area (Å²) in [7, 11) is 0. The third-order valence-electron chi connectivity index (χ3n) is 11.1. The number of hydrogen-bond donors (Lipinski definition) is 1. The first-order valence-electron chi connectivity index (χ1n) is 14.2. The molecule has 2 spiro atoms. The van der Waals surface area contributed by atoms with Gasteiger partial charge < -0.3 is 14.8 Å². The molecule has 0 amide bonds. The molecule has 6 atom stereocenters. The number of ether oxygens (including phenoxy) is 2. The first-order valence-corrected chi connectivity index (χ1v) is 14.2. The lowest BCUT2D eigenvalue weighted by Crippen LogP contribution is -2.63. The Labute approximate surface area is 214 Å². The Morgan fingerprint density at radius 2 is 1.94 bits per heavy atom. The second kappa shape index (κ2) is 7.30. The minimum absolute atomic E-state index is 0.0564. The molecule has 4 heterocycles. The number of benzene rings is 1. The van der Waals surface area contributed by atoms with Crippen molar-refractivity contribution in [3.8, 4) is 0 Å². The van der Waals surface area contributed by atoms with E-state index >= 15 is 0 Å². The summed E-state index contributed by atoms with van der Waals surface area (Å²) in [5.74, 6) is 1.16. The summed E-state index contributed by atoms with van der Waals surface area (Å²) in [5, 5.41) is 6.50. The Morgan fingerprint density at radius 3 is 2.81 bits per heavy atom. The van der Waals surface area contributed by atoms with Crippen LogP contribution in [0.4, 0.5) is 0 Å². The quantitative estimate of drug-likeness (QED) is 0.564. The van der Waals surface area contributed by atoms with Crippen LogP contribution in [0.3, 0.4) is 0 Å². The second-order valence-electron chi connectivity index (χ2n) is 13.3.